The summed E-state index contributed by atoms with van der Waals surface area (Å²) in [5.41, 5.74) is 5.47. The largest absolute Gasteiger partial charge is 0.379 e. The standard InChI is InChI=1S/C28H33N3O4S/c1-20-13-21(2)15-26(14-20)30-36(33,34)27-17-25(8-7-22(27)3)28(32)29-18-23-5-4-6-24(16-23)19-31-9-11-35-12-10-31/h4-8,13-17,30H,9-12,18-19H2,1-3H3,(H,29,32). The van der Waals surface area contributed by atoms with Crippen LogP contribution in [0.2, 0.25) is 0 Å². The molecule has 0 unspecified atom stereocenters. The topological polar surface area (TPSA) is 87.7 Å². The van der Waals surface area contributed by atoms with Gasteiger partial charge in [-0.3, -0.25) is 14.4 Å². The van der Waals surface area contributed by atoms with Gasteiger partial charge in [-0.1, -0.05) is 36.4 Å². The van der Waals surface area contributed by atoms with E-state index in [-0.39, 0.29) is 10.8 Å². The van der Waals surface area contributed by atoms with Gasteiger partial charge in [0.2, 0.25) is 0 Å². The number of ether oxygens (including phenoxy) is 1. The molecule has 0 spiro atoms. The summed E-state index contributed by atoms with van der Waals surface area (Å²) in [5, 5.41) is 2.92. The Morgan fingerprint density at radius 3 is 2.33 bits per heavy atom. The van der Waals surface area contributed by atoms with E-state index in [0.717, 1.165) is 49.5 Å². The number of nitrogens with zero attached hydrogens (tertiary/aromatic N) is 1. The fourth-order valence-electron chi connectivity index (χ4n) is 4.41. The van der Waals surface area contributed by atoms with Crippen LogP contribution < -0.4 is 10.0 Å². The number of hydrogen-bond donors (Lipinski definition) is 2. The Morgan fingerprint density at radius 2 is 1.61 bits per heavy atom. The van der Waals surface area contributed by atoms with Crippen molar-refractivity contribution in [2.24, 2.45) is 0 Å². The first-order valence-electron chi connectivity index (χ1n) is 12.1. The van der Waals surface area contributed by atoms with Gasteiger partial charge in [-0.25, -0.2) is 8.42 Å². The Bertz CT molecular complexity index is 1330. The normalized spacial score (nSPS) is 14.4. The van der Waals surface area contributed by atoms with E-state index in [0.29, 0.717) is 23.4 Å². The Hall–Kier alpha value is -3.20. The van der Waals surface area contributed by atoms with Gasteiger partial charge in [0.05, 0.1) is 18.1 Å². The first-order valence-corrected chi connectivity index (χ1v) is 13.6. The third-order valence-electron chi connectivity index (χ3n) is 6.17. The SMILES string of the molecule is Cc1cc(C)cc(NS(=O)(=O)c2cc(C(=O)NCc3cccc(CN4CCOCC4)c3)ccc2C)c1. The van der Waals surface area contributed by atoms with Crippen molar-refractivity contribution >= 4 is 21.6 Å². The Kier molecular flexibility index (Phi) is 8.08. The third-order valence-corrected chi connectivity index (χ3v) is 7.69. The minimum Gasteiger partial charge on any atom is -0.379 e. The predicted octanol–water partition coefficient (Wildman–Crippen LogP) is 4.17. The minimum atomic E-state index is -3.86. The molecule has 0 radical (unpaired) electrons. The van der Waals surface area contributed by atoms with Crippen LogP contribution in [0.3, 0.4) is 0 Å². The lowest BCUT2D eigenvalue weighted by molar-refractivity contribution is 0.0342. The molecular weight excluding hydrogens is 474 g/mol. The van der Waals surface area contributed by atoms with Gasteiger partial charge in [0, 0.05) is 37.4 Å². The highest BCUT2D eigenvalue weighted by Crippen LogP contribution is 2.22. The van der Waals surface area contributed by atoms with Crippen LogP contribution in [0.5, 0.6) is 0 Å². The summed E-state index contributed by atoms with van der Waals surface area (Å²) in [6.07, 6.45) is 0. The second-order valence-corrected chi connectivity index (χ2v) is 11.0. The molecule has 0 saturated carbocycles. The molecular formula is C28H33N3O4S. The van der Waals surface area contributed by atoms with Crippen LogP contribution in [0.25, 0.3) is 0 Å². The lowest BCUT2D eigenvalue weighted by atomic mass is 10.1. The number of benzene rings is 3. The average molecular weight is 508 g/mol. The molecule has 0 bridgehead atoms. The van der Waals surface area contributed by atoms with Crippen LogP contribution in [0, 0.1) is 20.8 Å². The van der Waals surface area contributed by atoms with E-state index in [1.54, 1.807) is 31.2 Å². The second kappa shape index (κ2) is 11.2. The maximum absolute atomic E-state index is 13.1. The summed E-state index contributed by atoms with van der Waals surface area (Å²) in [6.45, 7) is 10.1. The average Bonchev–Trinajstić information content (AvgIpc) is 2.82. The van der Waals surface area contributed by atoms with E-state index in [1.165, 1.54) is 11.6 Å². The molecule has 3 aromatic carbocycles. The third kappa shape index (κ3) is 6.72. The molecule has 1 aliphatic heterocycles. The number of amides is 1. The molecule has 190 valence electrons. The van der Waals surface area contributed by atoms with Crippen molar-refractivity contribution < 1.29 is 17.9 Å². The van der Waals surface area contributed by atoms with E-state index >= 15 is 0 Å². The van der Waals surface area contributed by atoms with E-state index in [2.05, 4.69) is 27.1 Å². The number of aryl methyl sites for hydroxylation is 3. The van der Waals surface area contributed by atoms with E-state index in [1.807, 2.05) is 32.0 Å². The molecule has 2 N–H and O–H groups in total. The highest BCUT2D eigenvalue weighted by Gasteiger charge is 2.20. The maximum atomic E-state index is 13.1. The van der Waals surface area contributed by atoms with Crippen molar-refractivity contribution in [3.05, 3.63) is 94.0 Å². The van der Waals surface area contributed by atoms with Gasteiger partial charge in [0.25, 0.3) is 15.9 Å². The van der Waals surface area contributed by atoms with Crippen molar-refractivity contribution in [1.82, 2.24) is 10.2 Å². The zero-order valence-electron chi connectivity index (χ0n) is 21.0. The number of anilines is 1. The number of sulfonamides is 1. The lowest BCUT2D eigenvalue weighted by Gasteiger charge is -2.26. The fraction of sp³-hybridized carbons (Fsp3) is 0.321. The second-order valence-electron chi connectivity index (χ2n) is 9.35. The van der Waals surface area contributed by atoms with Crippen molar-refractivity contribution in [2.45, 2.75) is 38.8 Å². The van der Waals surface area contributed by atoms with Crippen LogP contribution in [0.4, 0.5) is 5.69 Å². The monoisotopic (exact) mass is 507 g/mol. The summed E-state index contributed by atoms with van der Waals surface area (Å²) in [5.74, 6) is -0.323. The smallest absolute Gasteiger partial charge is 0.262 e. The number of nitrogens with one attached hydrogen (secondary N) is 2. The van der Waals surface area contributed by atoms with Gasteiger partial charge in [-0.2, -0.15) is 0 Å². The van der Waals surface area contributed by atoms with E-state index in [9.17, 15) is 13.2 Å². The predicted molar refractivity (Wildman–Crippen MR) is 142 cm³/mol. The summed E-state index contributed by atoms with van der Waals surface area (Å²) in [7, 11) is -3.86. The Morgan fingerprint density at radius 1 is 0.917 bits per heavy atom. The maximum Gasteiger partial charge on any atom is 0.262 e. The number of rotatable bonds is 8. The zero-order chi connectivity index (χ0) is 25.7. The van der Waals surface area contributed by atoms with E-state index < -0.39 is 10.0 Å². The van der Waals surface area contributed by atoms with Gasteiger partial charge in [0.15, 0.2) is 0 Å². The molecule has 1 saturated heterocycles. The summed E-state index contributed by atoms with van der Waals surface area (Å²) in [6, 6.07) is 18.4. The number of carbonyl (C=O) groups excluding carboxylic acids is 1. The van der Waals surface area contributed by atoms with E-state index in [4.69, 9.17) is 4.74 Å². The molecule has 1 aliphatic rings. The minimum absolute atomic E-state index is 0.0850. The molecule has 0 aliphatic carbocycles. The summed E-state index contributed by atoms with van der Waals surface area (Å²) < 4.78 is 34.4. The fourth-order valence-corrected chi connectivity index (χ4v) is 5.73. The molecule has 1 heterocycles. The Balaban J connectivity index is 1.44. The number of morpholine rings is 1. The lowest BCUT2D eigenvalue weighted by Crippen LogP contribution is -2.35. The summed E-state index contributed by atoms with van der Waals surface area (Å²) in [4.78, 5) is 15.3. The van der Waals surface area contributed by atoms with Crippen LogP contribution in [-0.2, 0) is 27.8 Å². The van der Waals surface area contributed by atoms with Crippen LogP contribution in [0.15, 0.2) is 65.6 Å². The Labute approximate surface area is 213 Å². The van der Waals surface area contributed by atoms with Gasteiger partial charge < -0.3 is 10.1 Å². The molecule has 0 atom stereocenters. The first-order chi connectivity index (χ1) is 17.2. The first kappa shape index (κ1) is 25.9. The molecule has 1 amide bonds. The van der Waals surface area contributed by atoms with Crippen LogP contribution in [-0.4, -0.2) is 45.5 Å². The highest BCUT2D eigenvalue weighted by molar-refractivity contribution is 7.92. The highest BCUT2D eigenvalue weighted by atomic mass is 32.2. The quantitative estimate of drug-likeness (QED) is 0.478. The molecule has 4 rings (SSSR count). The molecule has 7 nitrogen and oxygen atoms in total. The van der Waals surface area contributed by atoms with Gasteiger partial charge >= 0.3 is 0 Å². The molecule has 8 heteroatoms. The van der Waals surface area contributed by atoms with Gasteiger partial charge in [0.1, 0.15) is 0 Å². The summed E-state index contributed by atoms with van der Waals surface area (Å²) >= 11 is 0. The molecule has 3 aromatic rings. The van der Waals surface area contributed by atoms with Gasteiger partial charge in [-0.05, 0) is 72.9 Å². The van der Waals surface area contributed by atoms with Crippen molar-refractivity contribution in [2.75, 3.05) is 31.0 Å². The number of hydrogen-bond acceptors (Lipinski definition) is 5. The molecule has 0 aromatic heterocycles. The van der Waals surface area contributed by atoms with Crippen LogP contribution in [0.1, 0.15) is 38.2 Å². The van der Waals surface area contributed by atoms with Gasteiger partial charge in [-0.15, -0.1) is 0 Å². The number of carbonyl (C=O) groups is 1. The van der Waals surface area contributed by atoms with Crippen molar-refractivity contribution in [3.8, 4) is 0 Å². The van der Waals surface area contributed by atoms with Crippen molar-refractivity contribution in [1.29, 1.82) is 0 Å². The molecule has 36 heavy (non-hydrogen) atoms. The van der Waals surface area contributed by atoms with Crippen molar-refractivity contribution in [3.63, 3.8) is 0 Å². The molecule has 1 fully saturated rings. The zero-order valence-corrected chi connectivity index (χ0v) is 21.8. The van der Waals surface area contributed by atoms with Crippen LogP contribution >= 0.6 is 0 Å².